The molecule has 2 aromatic rings. The van der Waals surface area contributed by atoms with Crippen LogP contribution in [0.5, 0.6) is 0 Å². The van der Waals surface area contributed by atoms with Gasteiger partial charge < -0.3 is 0 Å². The molecule has 0 aromatic heterocycles. The summed E-state index contributed by atoms with van der Waals surface area (Å²) in [5, 5.41) is 13.1. The van der Waals surface area contributed by atoms with Crippen molar-refractivity contribution in [3.05, 3.63) is 85.9 Å². The first kappa shape index (κ1) is 23.2. The van der Waals surface area contributed by atoms with Gasteiger partial charge in [0, 0.05) is 28.3 Å². The number of nitro groups is 1. The van der Waals surface area contributed by atoms with Gasteiger partial charge in [-0.05, 0) is 42.5 Å². The summed E-state index contributed by atoms with van der Waals surface area (Å²) in [6.45, 7) is -0.678. The number of nitro benzene ring substituents is 1. The molecule has 9 nitrogen and oxygen atoms in total. The van der Waals surface area contributed by atoms with Crippen molar-refractivity contribution < 1.29 is 24.1 Å². The fourth-order valence-corrected chi connectivity index (χ4v) is 5.71. The lowest BCUT2D eigenvalue weighted by atomic mass is 9.85. The van der Waals surface area contributed by atoms with E-state index in [0.29, 0.717) is 11.4 Å². The van der Waals surface area contributed by atoms with Gasteiger partial charge in [0.25, 0.3) is 23.4 Å². The molecule has 5 rings (SSSR count). The van der Waals surface area contributed by atoms with Gasteiger partial charge in [-0.1, -0.05) is 41.4 Å². The number of fused-ring (bicyclic) bond motifs is 5. The van der Waals surface area contributed by atoms with Gasteiger partial charge in [0.05, 0.1) is 21.8 Å². The number of hydrogen-bond donors (Lipinski definition) is 0. The largest absolute Gasteiger partial charge is 0.292 e. The number of rotatable bonds is 6. The highest BCUT2D eigenvalue weighted by molar-refractivity contribution is 6.37. The van der Waals surface area contributed by atoms with Crippen molar-refractivity contribution >= 4 is 52.4 Å². The number of nitrogens with zero attached hydrogens (tertiary/aromatic N) is 3. The Morgan fingerprint density at radius 1 is 1.03 bits per heavy atom. The monoisotopic (exact) mass is 513 g/mol. The highest BCUT2D eigenvalue weighted by atomic mass is 35.5. The van der Waals surface area contributed by atoms with Crippen LogP contribution in [0, 0.1) is 33.8 Å². The van der Waals surface area contributed by atoms with Crippen molar-refractivity contribution in [1.29, 1.82) is 0 Å². The molecule has 2 aromatic carbocycles. The van der Waals surface area contributed by atoms with Crippen LogP contribution < -0.4 is 0 Å². The van der Waals surface area contributed by atoms with E-state index in [1.54, 1.807) is 0 Å². The predicted molar refractivity (Wildman–Crippen MR) is 124 cm³/mol. The number of allylic oxidation sites excluding steroid dienone is 2. The molecule has 4 atom stereocenters. The fraction of sp³-hybridized carbons (Fsp3) is 0.250. The zero-order valence-electron chi connectivity index (χ0n) is 18.0. The fourth-order valence-electron chi connectivity index (χ4n) is 5.20. The second-order valence-electron chi connectivity index (χ2n) is 8.71. The Balaban J connectivity index is 1.53. The molecule has 2 fully saturated rings. The Labute approximate surface area is 209 Å². The Kier molecular flexibility index (Phi) is 5.69. The predicted octanol–water partition coefficient (Wildman–Crippen LogP) is 3.95. The Morgan fingerprint density at radius 2 is 1.69 bits per heavy atom. The minimum absolute atomic E-state index is 0.0448. The first-order chi connectivity index (χ1) is 16.7. The second-order valence-corrected chi connectivity index (χ2v) is 9.55. The van der Waals surface area contributed by atoms with Gasteiger partial charge in [-0.15, -0.1) is 0 Å². The van der Waals surface area contributed by atoms with E-state index in [2.05, 4.69) is 0 Å². The summed E-state index contributed by atoms with van der Waals surface area (Å²) in [7, 11) is 0. The molecular formula is C24H17Cl2N3O6. The first-order valence-corrected chi connectivity index (χ1v) is 11.5. The maximum absolute atomic E-state index is 13.5. The Bertz CT molecular complexity index is 1310. The van der Waals surface area contributed by atoms with Crippen molar-refractivity contribution in [2.75, 3.05) is 6.54 Å². The maximum Gasteiger partial charge on any atom is 0.273 e. The number of benzene rings is 2. The summed E-state index contributed by atoms with van der Waals surface area (Å²) < 4.78 is 0. The normalized spacial score (nSPS) is 24.1. The van der Waals surface area contributed by atoms with Gasteiger partial charge in [-0.3, -0.25) is 29.3 Å². The van der Waals surface area contributed by atoms with Crippen LogP contribution in [0.3, 0.4) is 0 Å². The third-order valence-corrected chi connectivity index (χ3v) is 7.30. The molecule has 178 valence electrons. The van der Waals surface area contributed by atoms with Gasteiger partial charge in [0.15, 0.2) is 5.78 Å². The maximum atomic E-state index is 13.5. The van der Waals surface area contributed by atoms with Gasteiger partial charge in [-0.25, -0.2) is 5.01 Å². The standard InChI is InChI=1S/C24H17Cl2N3O6/c25-15-6-7-17(18(26)10-15)19(30)11-27(22(31)14-2-1-3-16(9-14)29(34)35)28-23(32)20-12-4-5-13(8-12)21(20)24(28)33/h1-7,9-10,12-13,20-21H,8,11H2/t12-,13-,20-,21-/m0/s1. The van der Waals surface area contributed by atoms with Gasteiger partial charge in [0.2, 0.25) is 0 Å². The lowest BCUT2D eigenvalue weighted by Gasteiger charge is -2.30. The highest BCUT2D eigenvalue weighted by Crippen LogP contribution is 2.52. The number of non-ortho nitro benzene ring substituents is 1. The zero-order valence-corrected chi connectivity index (χ0v) is 19.5. The molecule has 1 saturated heterocycles. The SMILES string of the molecule is O=C(CN(C(=O)c1cccc([N+](=O)[O-])c1)N1C(=O)[C@@H]2[C@@H](C1=O)[C@H]1C=C[C@H]2C1)c1ccc(Cl)cc1Cl. The van der Waals surface area contributed by atoms with Crippen LogP contribution in [0.15, 0.2) is 54.6 Å². The van der Waals surface area contributed by atoms with E-state index < -0.39 is 46.8 Å². The molecule has 2 aliphatic carbocycles. The third-order valence-electron chi connectivity index (χ3n) is 6.75. The number of carbonyl (C=O) groups excluding carboxylic acids is 4. The van der Waals surface area contributed by atoms with Crippen molar-refractivity contribution in [1.82, 2.24) is 10.0 Å². The lowest BCUT2D eigenvalue weighted by Crippen LogP contribution is -2.52. The van der Waals surface area contributed by atoms with E-state index in [1.165, 1.54) is 36.4 Å². The number of hydrogen-bond acceptors (Lipinski definition) is 6. The van der Waals surface area contributed by atoms with Crippen LogP contribution in [-0.2, 0) is 9.59 Å². The van der Waals surface area contributed by atoms with Crippen LogP contribution in [0.4, 0.5) is 5.69 Å². The Hall–Kier alpha value is -3.56. The van der Waals surface area contributed by atoms with Crippen LogP contribution in [0.1, 0.15) is 27.1 Å². The molecule has 35 heavy (non-hydrogen) atoms. The molecular weight excluding hydrogens is 497 g/mol. The topological polar surface area (TPSA) is 118 Å². The average molecular weight is 514 g/mol. The molecule has 0 unspecified atom stereocenters. The number of imide groups is 1. The van der Waals surface area contributed by atoms with Crippen LogP contribution in [0.25, 0.3) is 0 Å². The minimum Gasteiger partial charge on any atom is -0.292 e. The smallest absolute Gasteiger partial charge is 0.273 e. The third kappa shape index (κ3) is 3.81. The summed E-state index contributed by atoms with van der Waals surface area (Å²) in [5.74, 6) is -4.08. The van der Waals surface area contributed by atoms with Crippen LogP contribution >= 0.6 is 23.2 Å². The van der Waals surface area contributed by atoms with Gasteiger partial charge in [0.1, 0.15) is 6.54 Å². The molecule has 1 saturated carbocycles. The van der Waals surface area contributed by atoms with E-state index in [4.69, 9.17) is 23.2 Å². The number of Topliss-reactive ketones (excluding diaryl/α,β-unsaturated/α-hetero) is 1. The summed E-state index contributed by atoms with van der Waals surface area (Å²) in [4.78, 5) is 64.0. The zero-order chi connectivity index (χ0) is 25.0. The Morgan fingerprint density at radius 3 is 2.29 bits per heavy atom. The molecule has 2 bridgehead atoms. The lowest BCUT2D eigenvalue weighted by molar-refractivity contribution is -0.384. The summed E-state index contributed by atoms with van der Waals surface area (Å²) >= 11 is 12.1. The second kappa shape index (κ2) is 8.58. The summed E-state index contributed by atoms with van der Waals surface area (Å²) in [6, 6.07) is 9.07. The molecule has 0 N–H and O–H groups in total. The molecule has 0 radical (unpaired) electrons. The number of halogens is 2. The molecule has 3 amide bonds. The number of hydrazine groups is 1. The average Bonchev–Trinajstić information content (AvgIpc) is 3.51. The number of carbonyl (C=O) groups is 4. The van der Waals surface area contributed by atoms with E-state index >= 15 is 0 Å². The summed E-state index contributed by atoms with van der Waals surface area (Å²) in [6.07, 6.45) is 4.51. The number of ketones is 1. The van der Waals surface area contributed by atoms with Crippen molar-refractivity contribution in [2.45, 2.75) is 6.42 Å². The van der Waals surface area contributed by atoms with Crippen molar-refractivity contribution in [3.63, 3.8) is 0 Å². The van der Waals surface area contributed by atoms with Crippen LogP contribution in [0.2, 0.25) is 10.0 Å². The van der Waals surface area contributed by atoms with Crippen LogP contribution in [-0.4, -0.2) is 45.0 Å². The van der Waals surface area contributed by atoms with Gasteiger partial charge in [-0.2, -0.15) is 5.01 Å². The van der Waals surface area contributed by atoms with E-state index in [9.17, 15) is 29.3 Å². The van der Waals surface area contributed by atoms with E-state index in [0.717, 1.165) is 16.1 Å². The minimum atomic E-state index is -0.894. The van der Waals surface area contributed by atoms with Gasteiger partial charge >= 0.3 is 0 Å². The molecule has 3 aliphatic rings. The van der Waals surface area contributed by atoms with E-state index in [-0.39, 0.29) is 33.7 Å². The quantitative estimate of drug-likeness (QED) is 0.189. The van der Waals surface area contributed by atoms with Crippen molar-refractivity contribution in [2.24, 2.45) is 23.7 Å². The molecule has 11 heteroatoms. The molecule has 0 spiro atoms. The van der Waals surface area contributed by atoms with E-state index in [1.807, 2.05) is 12.2 Å². The molecule has 1 aliphatic heterocycles. The highest BCUT2D eigenvalue weighted by Gasteiger charge is 2.61. The first-order valence-electron chi connectivity index (χ1n) is 10.8. The number of amides is 3. The summed E-state index contributed by atoms with van der Waals surface area (Å²) in [5.41, 5.74) is -0.442. The molecule has 1 heterocycles. The van der Waals surface area contributed by atoms with Crippen molar-refractivity contribution in [3.8, 4) is 0 Å².